The van der Waals surface area contributed by atoms with Gasteiger partial charge in [-0.1, -0.05) is 39.0 Å². The summed E-state index contributed by atoms with van der Waals surface area (Å²) in [4.78, 5) is 0. The van der Waals surface area contributed by atoms with Gasteiger partial charge in [-0.15, -0.1) is 0 Å². The third kappa shape index (κ3) is 4.85. The summed E-state index contributed by atoms with van der Waals surface area (Å²) in [5, 5.41) is 17.0. The average molecular weight is 371 g/mol. The maximum Gasteiger partial charge on any atom is 0.346 e. The van der Waals surface area contributed by atoms with E-state index in [2.05, 4.69) is 48.6 Å². The highest BCUT2D eigenvalue weighted by Gasteiger charge is 2.32. The molecule has 148 valence electrons. The summed E-state index contributed by atoms with van der Waals surface area (Å²) in [5.74, 6) is 2.87. The molecule has 3 rings (SSSR count). The quantitative estimate of drug-likeness (QED) is 0.503. The fourth-order valence-electron chi connectivity index (χ4n) is 4.17. The molecular formula is C23H36N3O+. The number of aromatic hydroxyl groups is 1. The highest BCUT2D eigenvalue weighted by molar-refractivity contribution is 5.75. The first-order valence-corrected chi connectivity index (χ1v) is 10.6. The van der Waals surface area contributed by atoms with E-state index in [4.69, 9.17) is 0 Å². The lowest BCUT2D eigenvalue weighted by Crippen LogP contribution is -2.52. The zero-order chi connectivity index (χ0) is 19.4. The van der Waals surface area contributed by atoms with Crippen LogP contribution in [0.5, 0.6) is 5.75 Å². The molecule has 1 aromatic rings. The van der Waals surface area contributed by atoms with Crippen LogP contribution in [0.15, 0.2) is 30.4 Å². The summed E-state index contributed by atoms with van der Waals surface area (Å²) in [6, 6.07) is 6.29. The molecule has 2 heterocycles. The predicted octanol–water partition coefficient (Wildman–Crippen LogP) is 3.96. The molecule has 0 radical (unpaired) electrons. The molecule has 0 saturated carbocycles. The van der Waals surface area contributed by atoms with E-state index in [9.17, 15) is 5.11 Å². The molecule has 0 aliphatic carbocycles. The number of hydrogen-bond donors (Lipinski definition) is 3. The molecule has 4 nitrogen and oxygen atoms in total. The van der Waals surface area contributed by atoms with E-state index >= 15 is 0 Å². The van der Waals surface area contributed by atoms with E-state index in [0.717, 1.165) is 38.9 Å². The average Bonchev–Trinajstić information content (AvgIpc) is 2.65. The van der Waals surface area contributed by atoms with Gasteiger partial charge in [0.05, 0.1) is 19.6 Å². The topological polar surface area (TPSA) is 47.3 Å². The van der Waals surface area contributed by atoms with Crippen LogP contribution in [0.25, 0.3) is 0 Å². The van der Waals surface area contributed by atoms with Gasteiger partial charge in [0, 0.05) is 12.8 Å². The molecule has 27 heavy (non-hydrogen) atoms. The molecule has 2 aliphatic rings. The lowest BCUT2D eigenvalue weighted by atomic mass is 9.91. The van der Waals surface area contributed by atoms with Crippen molar-refractivity contribution < 1.29 is 9.68 Å². The number of nitrogens with zero attached hydrogens (tertiary/aromatic N) is 1. The first-order valence-electron chi connectivity index (χ1n) is 10.6. The van der Waals surface area contributed by atoms with E-state index in [0.29, 0.717) is 23.6 Å². The second kappa shape index (κ2) is 8.81. The molecule has 1 unspecified atom stereocenters. The smallest absolute Gasteiger partial charge is 0.346 e. The van der Waals surface area contributed by atoms with Crippen LogP contribution in [0.1, 0.15) is 63.6 Å². The third-order valence-corrected chi connectivity index (χ3v) is 6.19. The highest BCUT2D eigenvalue weighted by Crippen LogP contribution is 2.32. The van der Waals surface area contributed by atoms with Gasteiger partial charge in [-0.2, -0.15) is 0 Å². The first-order chi connectivity index (χ1) is 13.0. The zero-order valence-corrected chi connectivity index (χ0v) is 17.2. The summed E-state index contributed by atoms with van der Waals surface area (Å²) < 4.78 is 2.48. The van der Waals surface area contributed by atoms with Gasteiger partial charge in [-0.3, -0.25) is 15.2 Å². The van der Waals surface area contributed by atoms with Gasteiger partial charge in [-0.25, -0.2) is 0 Å². The van der Waals surface area contributed by atoms with Gasteiger partial charge in [-0.05, 0) is 54.4 Å². The minimum absolute atomic E-state index is 0.382. The maximum absolute atomic E-state index is 9.76. The van der Waals surface area contributed by atoms with Crippen molar-refractivity contribution in [3.63, 3.8) is 0 Å². The van der Waals surface area contributed by atoms with Crippen LogP contribution >= 0.6 is 0 Å². The summed E-state index contributed by atoms with van der Waals surface area (Å²) >= 11 is 0. The lowest BCUT2D eigenvalue weighted by Gasteiger charge is -2.32. The van der Waals surface area contributed by atoms with Crippen molar-refractivity contribution in [1.82, 2.24) is 10.6 Å². The molecule has 0 bridgehead atoms. The van der Waals surface area contributed by atoms with Crippen LogP contribution in [-0.2, 0) is 6.42 Å². The van der Waals surface area contributed by atoms with Crippen LogP contribution in [0, 0.1) is 11.8 Å². The van der Waals surface area contributed by atoms with E-state index in [1.807, 2.05) is 12.1 Å². The Morgan fingerprint density at radius 3 is 2.93 bits per heavy atom. The van der Waals surface area contributed by atoms with Crippen molar-refractivity contribution >= 4 is 5.96 Å². The first kappa shape index (κ1) is 19.8. The van der Waals surface area contributed by atoms with Gasteiger partial charge in [0.1, 0.15) is 11.8 Å². The zero-order valence-electron chi connectivity index (χ0n) is 17.2. The number of nitrogens with one attached hydrogen (secondary N) is 2. The second-order valence-electron chi connectivity index (χ2n) is 8.58. The number of allylic oxidation sites excluding steroid dienone is 1. The van der Waals surface area contributed by atoms with Crippen molar-refractivity contribution in [2.75, 3.05) is 19.6 Å². The van der Waals surface area contributed by atoms with Crippen LogP contribution in [0.2, 0.25) is 0 Å². The monoisotopic (exact) mass is 370 g/mol. The Kier molecular flexibility index (Phi) is 6.46. The van der Waals surface area contributed by atoms with Gasteiger partial charge in [0.2, 0.25) is 0 Å². The SMILES string of the molecule is C=C(CC[C@@H](C)CCNC1=[N+]2CCc3cc(O)ccc3C2CCN1)C(C)C. The number of hydrogen-bond acceptors (Lipinski definition) is 3. The minimum Gasteiger partial charge on any atom is -0.508 e. The fourth-order valence-corrected chi connectivity index (χ4v) is 4.17. The normalized spacial score (nSPS) is 19.9. The Balaban J connectivity index is 1.56. The number of guanidine groups is 1. The highest BCUT2D eigenvalue weighted by atomic mass is 16.3. The molecule has 2 aliphatic heterocycles. The number of fused-ring (bicyclic) bond motifs is 3. The number of phenols is 1. The van der Waals surface area contributed by atoms with Crippen molar-refractivity contribution in [2.45, 2.75) is 58.9 Å². The third-order valence-electron chi connectivity index (χ3n) is 6.19. The van der Waals surface area contributed by atoms with Crippen molar-refractivity contribution in [2.24, 2.45) is 11.8 Å². The molecule has 0 fully saturated rings. The molecular weight excluding hydrogens is 334 g/mol. The van der Waals surface area contributed by atoms with Gasteiger partial charge in [0.25, 0.3) is 0 Å². The van der Waals surface area contributed by atoms with E-state index in [-0.39, 0.29) is 0 Å². The van der Waals surface area contributed by atoms with Crippen LogP contribution in [0.4, 0.5) is 0 Å². The molecule has 4 heteroatoms. The van der Waals surface area contributed by atoms with Crippen molar-refractivity contribution in [1.29, 1.82) is 0 Å². The van der Waals surface area contributed by atoms with Crippen LogP contribution in [0.3, 0.4) is 0 Å². The van der Waals surface area contributed by atoms with E-state index in [1.54, 1.807) is 0 Å². The maximum atomic E-state index is 9.76. The van der Waals surface area contributed by atoms with Gasteiger partial charge >= 0.3 is 5.96 Å². The predicted molar refractivity (Wildman–Crippen MR) is 112 cm³/mol. The second-order valence-corrected chi connectivity index (χ2v) is 8.58. The summed E-state index contributed by atoms with van der Waals surface area (Å²) in [7, 11) is 0. The Hall–Kier alpha value is -1.97. The summed E-state index contributed by atoms with van der Waals surface area (Å²) in [5.41, 5.74) is 4.05. The molecule has 1 aromatic carbocycles. The summed E-state index contributed by atoms with van der Waals surface area (Å²) in [6.45, 7) is 14.0. The van der Waals surface area contributed by atoms with Crippen molar-refractivity contribution in [3.05, 3.63) is 41.5 Å². The number of rotatable bonds is 7. The lowest BCUT2D eigenvalue weighted by molar-refractivity contribution is -0.584. The Morgan fingerprint density at radius 2 is 2.15 bits per heavy atom. The Labute approximate surface area is 164 Å². The van der Waals surface area contributed by atoms with Gasteiger partial charge < -0.3 is 5.11 Å². The van der Waals surface area contributed by atoms with E-state index in [1.165, 1.54) is 35.5 Å². The molecule has 2 atom stereocenters. The molecule has 0 saturated heterocycles. The number of phenolic OH excluding ortho intramolecular Hbond substituents is 1. The fraction of sp³-hybridized carbons (Fsp3) is 0.609. The summed E-state index contributed by atoms with van der Waals surface area (Å²) in [6.07, 6.45) is 5.65. The van der Waals surface area contributed by atoms with Crippen LogP contribution in [-0.4, -0.2) is 35.3 Å². The van der Waals surface area contributed by atoms with Crippen molar-refractivity contribution in [3.8, 4) is 5.75 Å². The molecule has 0 aromatic heterocycles. The Morgan fingerprint density at radius 1 is 1.33 bits per heavy atom. The van der Waals surface area contributed by atoms with Gasteiger partial charge in [0.15, 0.2) is 0 Å². The molecule has 0 spiro atoms. The molecule has 0 amide bonds. The molecule has 3 N–H and O–H groups in total. The largest absolute Gasteiger partial charge is 0.508 e. The number of benzene rings is 1. The van der Waals surface area contributed by atoms with Crippen LogP contribution < -0.4 is 10.6 Å². The Bertz CT molecular complexity index is 708. The van der Waals surface area contributed by atoms with E-state index < -0.39 is 0 Å². The minimum atomic E-state index is 0.382. The standard InChI is InChI=1S/C23H35N3O/c1-16(2)18(4)6-5-17(3)9-12-24-23-25-13-10-22-21-8-7-20(27)15-19(21)11-14-26(22)23/h7-8,15-17,22H,4-6,9-14H2,1-3H3,(H2,24,25,27)/p+1/t17-,22?/m1/s1.